The standard InChI is InChI=1S/C11H12N4OS/c1-8-7-17-11(15(8)12)14-13-6-9-3-2-4-10(16)5-9/h2-7,16H,12H2,1H3. The number of benzene rings is 1. The number of phenols is 1. The molecule has 0 aliphatic rings. The van der Waals surface area contributed by atoms with E-state index in [-0.39, 0.29) is 5.75 Å². The molecule has 17 heavy (non-hydrogen) atoms. The van der Waals surface area contributed by atoms with Crippen LogP contribution in [0, 0.1) is 6.92 Å². The molecule has 0 bridgehead atoms. The maximum atomic E-state index is 9.26. The van der Waals surface area contributed by atoms with Gasteiger partial charge in [0.15, 0.2) is 0 Å². The van der Waals surface area contributed by atoms with Crippen molar-refractivity contribution in [1.82, 2.24) is 4.68 Å². The van der Waals surface area contributed by atoms with Crippen molar-refractivity contribution >= 4 is 17.6 Å². The highest BCUT2D eigenvalue weighted by Crippen LogP contribution is 2.08. The van der Waals surface area contributed by atoms with E-state index in [2.05, 4.69) is 10.2 Å². The summed E-state index contributed by atoms with van der Waals surface area (Å²) in [5.74, 6) is 5.93. The molecule has 1 aromatic heterocycles. The van der Waals surface area contributed by atoms with Gasteiger partial charge in [0.05, 0.1) is 6.21 Å². The molecule has 0 atom stereocenters. The zero-order valence-electron chi connectivity index (χ0n) is 9.24. The van der Waals surface area contributed by atoms with Gasteiger partial charge in [-0.25, -0.2) is 4.68 Å². The largest absolute Gasteiger partial charge is 0.508 e. The molecule has 0 saturated heterocycles. The first-order chi connectivity index (χ1) is 8.16. The minimum absolute atomic E-state index is 0.204. The summed E-state index contributed by atoms with van der Waals surface area (Å²) < 4.78 is 1.48. The number of aryl methyl sites for hydroxylation is 1. The smallest absolute Gasteiger partial charge is 0.229 e. The van der Waals surface area contributed by atoms with Crippen molar-refractivity contribution in [3.63, 3.8) is 0 Å². The Kier molecular flexibility index (Phi) is 3.24. The van der Waals surface area contributed by atoms with Crippen molar-refractivity contribution in [2.45, 2.75) is 6.92 Å². The summed E-state index contributed by atoms with van der Waals surface area (Å²) in [6.07, 6.45) is 1.56. The van der Waals surface area contributed by atoms with Gasteiger partial charge in [0.25, 0.3) is 0 Å². The minimum atomic E-state index is 0.204. The van der Waals surface area contributed by atoms with E-state index in [0.29, 0.717) is 4.80 Å². The molecule has 5 nitrogen and oxygen atoms in total. The highest BCUT2D eigenvalue weighted by molar-refractivity contribution is 7.07. The molecule has 0 aliphatic heterocycles. The first-order valence-electron chi connectivity index (χ1n) is 4.95. The van der Waals surface area contributed by atoms with Gasteiger partial charge >= 0.3 is 0 Å². The predicted molar refractivity (Wildman–Crippen MR) is 68.5 cm³/mol. The molecule has 3 N–H and O–H groups in total. The SMILES string of the molecule is Cc1csc(=NN=Cc2cccc(O)c2)n1N. The van der Waals surface area contributed by atoms with Crippen LogP contribution in [0.1, 0.15) is 11.3 Å². The lowest BCUT2D eigenvalue weighted by Gasteiger charge is -1.93. The van der Waals surface area contributed by atoms with Crippen LogP contribution in [0.25, 0.3) is 0 Å². The van der Waals surface area contributed by atoms with Crippen LogP contribution in [0.5, 0.6) is 5.75 Å². The fourth-order valence-electron chi connectivity index (χ4n) is 1.22. The minimum Gasteiger partial charge on any atom is -0.508 e. The summed E-state index contributed by atoms with van der Waals surface area (Å²) in [5, 5.41) is 19.1. The third-order valence-electron chi connectivity index (χ3n) is 2.14. The van der Waals surface area contributed by atoms with E-state index in [1.54, 1.807) is 24.4 Å². The molecule has 6 heteroatoms. The molecule has 0 fully saturated rings. The van der Waals surface area contributed by atoms with Gasteiger partial charge in [-0.15, -0.1) is 16.4 Å². The Bertz CT molecular complexity index is 612. The summed E-state index contributed by atoms with van der Waals surface area (Å²) in [6.45, 7) is 1.90. The Labute approximate surface area is 102 Å². The Morgan fingerprint density at radius 1 is 1.47 bits per heavy atom. The highest BCUT2D eigenvalue weighted by Gasteiger charge is 1.94. The number of hydrogen-bond acceptors (Lipinski definition) is 5. The fourth-order valence-corrected chi connectivity index (χ4v) is 1.97. The maximum absolute atomic E-state index is 9.26. The molecule has 2 aromatic rings. The van der Waals surface area contributed by atoms with Crippen molar-refractivity contribution < 1.29 is 5.11 Å². The van der Waals surface area contributed by atoms with Crippen LogP contribution in [0.3, 0.4) is 0 Å². The topological polar surface area (TPSA) is 75.9 Å². The molecule has 0 spiro atoms. The number of aromatic nitrogens is 1. The van der Waals surface area contributed by atoms with Gasteiger partial charge in [-0.3, -0.25) is 0 Å². The third kappa shape index (κ3) is 2.73. The van der Waals surface area contributed by atoms with E-state index >= 15 is 0 Å². The summed E-state index contributed by atoms with van der Waals surface area (Å²) in [7, 11) is 0. The van der Waals surface area contributed by atoms with Gasteiger partial charge in [-0.1, -0.05) is 12.1 Å². The van der Waals surface area contributed by atoms with Gasteiger partial charge in [-0.2, -0.15) is 5.10 Å². The molecule has 0 unspecified atom stereocenters. The summed E-state index contributed by atoms with van der Waals surface area (Å²) in [4.78, 5) is 0.624. The number of nitrogens with zero attached hydrogens (tertiary/aromatic N) is 3. The van der Waals surface area contributed by atoms with Crippen molar-refractivity contribution in [3.8, 4) is 5.75 Å². The average molecular weight is 248 g/mol. The van der Waals surface area contributed by atoms with Crippen LogP contribution >= 0.6 is 11.3 Å². The van der Waals surface area contributed by atoms with E-state index in [0.717, 1.165) is 11.3 Å². The predicted octanol–water partition coefficient (Wildman–Crippen LogP) is 1.21. The van der Waals surface area contributed by atoms with Crippen LogP contribution in [0.4, 0.5) is 0 Å². The lowest BCUT2D eigenvalue weighted by atomic mass is 10.2. The second kappa shape index (κ2) is 4.84. The fraction of sp³-hybridized carbons (Fsp3) is 0.0909. The van der Waals surface area contributed by atoms with E-state index < -0.39 is 0 Å². The third-order valence-corrected chi connectivity index (χ3v) is 3.09. The van der Waals surface area contributed by atoms with Gasteiger partial charge in [-0.05, 0) is 24.6 Å². The molecular weight excluding hydrogens is 236 g/mol. The number of aromatic hydroxyl groups is 1. The molecule has 0 aliphatic carbocycles. The van der Waals surface area contributed by atoms with Crippen molar-refractivity contribution in [2.75, 3.05) is 5.84 Å². The number of hydrogen-bond donors (Lipinski definition) is 2. The summed E-state index contributed by atoms with van der Waals surface area (Å²) in [6, 6.07) is 6.78. The molecule has 0 radical (unpaired) electrons. The summed E-state index contributed by atoms with van der Waals surface area (Å²) in [5.41, 5.74) is 1.71. The number of rotatable bonds is 2. The van der Waals surface area contributed by atoms with Crippen molar-refractivity contribution in [3.05, 3.63) is 45.7 Å². The molecular formula is C11H12N4OS. The molecule has 2 rings (SSSR count). The van der Waals surface area contributed by atoms with E-state index in [4.69, 9.17) is 5.84 Å². The monoisotopic (exact) mass is 248 g/mol. The highest BCUT2D eigenvalue weighted by atomic mass is 32.1. The number of nitrogens with two attached hydrogens (primary N) is 1. The van der Waals surface area contributed by atoms with Crippen LogP contribution in [-0.4, -0.2) is 16.0 Å². The van der Waals surface area contributed by atoms with Gasteiger partial charge < -0.3 is 10.9 Å². The van der Waals surface area contributed by atoms with Crippen LogP contribution < -0.4 is 10.6 Å². The quantitative estimate of drug-likeness (QED) is 0.476. The molecule has 0 saturated carbocycles. The second-order valence-corrected chi connectivity index (χ2v) is 4.31. The average Bonchev–Trinajstić information content (AvgIpc) is 2.61. The first-order valence-corrected chi connectivity index (χ1v) is 5.83. The number of phenolic OH excluding ortho intramolecular Hbond substituents is 1. The molecule has 1 heterocycles. The van der Waals surface area contributed by atoms with Gasteiger partial charge in [0.2, 0.25) is 4.80 Å². The van der Waals surface area contributed by atoms with Crippen LogP contribution in [0.2, 0.25) is 0 Å². The maximum Gasteiger partial charge on any atom is 0.229 e. The van der Waals surface area contributed by atoms with Gasteiger partial charge in [0, 0.05) is 11.1 Å². The Morgan fingerprint density at radius 2 is 2.29 bits per heavy atom. The lowest BCUT2D eigenvalue weighted by Crippen LogP contribution is -2.23. The Morgan fingerprint density at radius 3 is 2.94 bits per heavy atom. The normalized spacial score (nSPS) is 12.4. The molecule has 1 aromatic carbocycles. The van der Waals surface area contributed by atoms with Crippen molar-refractivity contribution in [1.29, 1.82) is 0 Å². The van der Waals surface area contributed by atoms with Crippen LogP contribution in [0.15, 0.2) is 39.8 Å². The Hall–Kier alpha value is -2.08. The van der Waals surface area contributed by atoms with E-state index in [9.17, 15) is 5.11 Å². The summed E-state index contributed by atoms with van der Waals surface area (Å²) >= 11 is 1.42. The van der Waals surface area contributed by atoms with Gasteiger partial charge in [0.1, 0.15) is 5.75 Å². The lowest BCUT2D eigenvalue weighted by molar-refractivity contribution is 0.475. The Balaban J connectivity index is 2.23. The zero-order valence-corrected chi connectivity index (χ0v) is 10.1. The second-order valence-electron chi connectivity index (χ2n) is 3.47. The van der Waals surface area contributed by atoms with E-state index in [1.165, 1.54) is 16.0 Å². The van der Waals surface area contributed by atoms with Crippen LogP contribution in [-0.2, 0) is 0 Å². The van der Waals surface area contributed by atoms with E-state index in [1.807, 2.05) is 18.4 Å². The molecule has 0 amide bonds. The number of nitrogen functional groups attached to an aromatic ring is 1. The number of thiazole rings is 1. The molecule has 88 valence electrons. The first kappa shape index (κ1) is 11.4. The zero-order chi connectivity index (χ0) is 12.3. The van der Waals surface area contributed by atoms with Crippen molar-refractivity contribution in [2.24, 2.45) is 10.2 Å².